The van der Waals surface area contributed by atoms with Crippen LogP contribution in [0, 0.1) is 0 Å². The summed E-state index contributed by atoms with van der Waals surface area (Å²) in [7, 11) is 0. The molecule has 2 heterocycles. The molecule has 92 valence electrons. The Morgan fingerprint density at radius 3 is 2.72 bits per heavy atom. The van der Waals surface area contributed by atoms with Gasteiger partial charge < -0.3 is 9.52 Å². The predicted octanol–water partition coefficient (Wildman–Crippen LogP) is 3.38. The number of aromatic nitrogens is 2. The first kappa shape index (κ1) is 11.0. The van der Waals surface area contributed by atoms with Crippen molar-refractivity contribution in [3.8, 4) is 5.75 Å². The summed E-state index contributed by atoms with van der Waals surface area (Å²) < 4.78 is 5.71. The second-order valence-electron chi connectivity index (χ2n) is 5.41. The standard InChI is InChI=1S/C14H14N2O2/c1-14(2,3)13-16-12-10(18-13)7-9(17)8-5-4-6-15-11(8)12/h4-7,17H,1-3H3. The maximum atomic E-state index is 9.95. The van der Waals surface area contributed by atoms with Crippen LogP contribution >= 0.6 is 0 Å². The van der Waals surface area contributed by atoms with Crippen molar-refractivity contribution in [2.24, 2.45) is 0 Å². The van der Waals surface area contributed by atoms with E-state index in [1.54, 1.807) is 18.3 Å². The maximum absolute atomic E-state index is 9.95. The monoisotopic (exact) mass is 242 g/mol. The molecule has 0 aliphatic heterocycles. The fraction of sp³-hybridized carbons (Fsp3) is 0.286. The van der Waals surface area contributed by atoms with Crippen LogP contribution < -0.4 is 0 Å². The van der Waals surface area contributed by atoms with Gasteiger partial charge in [0.2, 0.25) is 5.89 Å². The topological polar surface area (TPSA) is 59.2 Å². The molecule has 0 radical (unpaired) electrons. The first-order chi connectivity index (χ1) is 8.47. The molecule has 0 spiro atoms. The lowest BCUT2D eigenvalue weighted by molar-refractivity contribution is 0.409. The maximum Gasteiger partial charge on any atom is 0.200 e. The number of hydrogen-bond donors (Lipinski definition) is 1. The van der Waals surface area contributed by atoms with Crippen LogP contribution in [0.5, 0.6) is 5.75 Å². The molecule has 0 fully saturated rings. The van der Waals surface area contributed by atoms with Crippen LogP contribution in [0.4, 0.5) is 0 Å². The molecule has 4 heteroatoms. The summed E-state index contributed by atoms with van der Waals surface area (Å²) in [5, 5.41) is 10.6. The first-order valence-corrected chi connectivity index (χ1v) is 5.84. The van der Waals surface area contributed by atoms with Crippen molar-refractivity contribution in [2.45, 2.75) is 26.2 Å². The quantitative estimate of drug-likeness (QED) is 0.656. The van der Waals surface area contributed by atoms with E-state index in [9.17, 15) is 5.11 Å². The molecule has 1 N–H and O–H groups in total. The number of phenols is 1. The van der Waals surface area contributed by atoms with Gasteiger partial charge in [0.15, 0.2) is 5.58 Å². The van der Waals surface area contributed by atoms with Crippen LogP contribution in [0.25, 0.3) is 22.0 Å². The van der Waals surface area contributed by atoms with E-state index in [-0.39, 0.29) is 11.2 Å². The van der Waals surface area contributed by atoms with Crippen LogP contribution in [-0.4, -0.2) is 15.1 Å². The van der Waals surface area contributed by atoms with E-state index in [0.29, 0.717) is 27.9 Å². The van der Waals surface area contributed by atoms with Gasteiger partial charge in [-0.1, -0.05) is 20.8 Å². The Morgan fingerprint density at radius 1 is 1.22 bits per heavy atom. The lowest BCUT2D eigenvalue weighted by Gasteiger charge is -2.11. The number of rotatable bonds is 0. The van der Waals surface area contributed by atoms with Crippen LogP contribution in [0.3, 0.4) is 0 Å². The predicted molar refractivity (Wildman–Crippen MR) is 69.7 cm³/mol. The number of hydrogen-bond acceptors (Lipinski definition) is 4. The van der Waals surface area contributed by atoms with Gasteiger partial charge in [-0.05, 0) is 12.1 Å². The molecule has 2 aromatic heterocycles. The SMILES string of the molecule is CC(C)(C)c1nc2c(cc(O)c3cccnc32)o1. The van der Waals surface area contributed by atoms with Crippen molar-refractivity contribution in [3.63, 3.8) is 0 Å². The van der Waals surface area contributed by atoms with E-state index in [1.165, 1.54) is 0 Å². The lowest BCUT2D eigenvalue weighted by Crippen LogP contribution is -2.10. The Kier molecular flexibility index (Phi) is 2.11. The first-order valence-electron chi connectivity index (χ1n) is 5.84. The zero-order chi connectivity index (χ0) is 12.9. The molecule has 1 aromatic carbocycles. The summed E-state index contributed by atoms with van der Waals surface area (Å²) in [6, 6.07) is 5.21. The molecule has 0 atom stereocenters. The highest BCUT2D eigenvalue weighted by Crippen LogP contribution is 2.33. The van der Waals surface area contributed by atoms with E-state index >= 15 is 0 Å². The van der Waals surface area contributed by atoms with E-state index < -0.39 is 0 Å². The van der Waals surface area contributed by atoms with Gasteiger partial charge in [-0.25, -0.2) is 4.98 Å². The second-order valence-corrected chi connectivity index (χ2v) is 5.41. The Hall–Kier alpha value is -2.10. The van der Waals surface area contributed by atoms with Crippen molar-refractivity contribution in [1.29, 1.82) is 0 Å². The van der Waals surface area contributed by atoms with Crippen LogP contribution in [0.2, 0.25) is 0 Å². The average Bonchev–Trinajstić information content (AvgIpc) is 2.73. The largest absolute Gasteiger partial charge is 0.507 e. The van der Waals surface area contributed by atoms with Crippen molar-refractivity contribution >= 4 is 22.0 Å². The van der Waals surface area contributed by atoms with Crippen molar-refractivity contribution in [2.75, 3.05) is 0 Å². The van der Waals surface area contributed by atoms with Crippen molar-refractivity contribution < 1.29 is 9.52 Å². The zero-order valence-electron chi connectivity index (χ0n) is 10.6. The molecule has 0 bridgehead atoms. The molecule has 18 heavy (non-hydrogen) atoms. The van der Waals surface area contributed by atoms with E-state index in [1.807, 2.05) is 26.8 Å². The van der Waals surface area contributed by atoms with Gasteiger partial charge >= 0.3 is 0 Å². The summed E-state index contributed by atoms with van der Waals surface area (Å²) in [5.41, 5.74) is 1.78. The minimum Gasteiger partial charge on any atom is -0.507 e. The van der Waals surface area contributed by atoms with Gasteiger partial charge in [-0.2, -0.15) is 0 Å². The molecule has 0 amide bonds. The number of pyridine rings is 1. The molecular weight excluding hydrogens is 228 g/mol. The van der Waals surface area contributed by atoms with E-state index in [0.717, 1.165) is 0 Å². The number of fused-ring (bicyclic) bond motifs is 3. The minimum absolute atomic E-state index is 0.169. The van der Waals surface area contributed by atoms with Gasteiger partial charge in [0.1, 0.15) is 16.8 Å². The minimum atomic E-state index is -0.171. The van der Waals surface area contributed by atoms with Crippen molar-refractivity contribution in [1.82, 2.24) is 9.97 Å². The van der Waals surface area contributed by atoms with Gasteiger partial charge in [-0.3, -0.25) is 4.98 Å². The molecule has 0 aliphatic carbocycles. The molecule has 0 saturated heterocycles. The van der Waals surface area contributed by atoms with Gasteiger partial charge in [0.05, 0.1) is 0 Å². The second kappa shape index (κ2) is 3.45. The third-order valence-electron chi connectivity index (χ3n) is 2.87. The number of oxazole rings is 1. The van der Waals surface area contributed by atoms with E-state index in [4.69, 9.17) is 4.42 Å². The highest BCUT2D eigenvalue weighted by molar-refractivity contribution is 6.03. The molecule has 3 rings (SSSR count). The normalized spacial score (nSPS) is 12.4. The fourth-order valence-electron chi connectivity index (χ4n) is 1.92. The summed E-state index contributed by atoms with van der Waals surface area (Å²) in [6.07, 6.45) is 1.69. The van der Waals surface area contributed by atoms with Gasteiger partial charge in [-0.15, -0.1) is 0 Å². The summed E-state index contributed by atoms with van der Waals surface area (Å²) in [4.78, 5) is 8.80. The summed E-state index contributed by atoms with van der Waals surface area (Å²) in [5.74, 6) is 0.817. The lowest BCUT2D eigenvalue weighted by atomic mass is 9.97. The third-order valence-corrected chi connectivity index (χ3v) is 2.87. The zero-order valence-corrected chi connectivity index (χ0v) is 10.6. The van der Waals surface area contributed by atoms with E-state index in [2.05, 4.69) is 9.97 Å². The molecule has 0 saturated carbocycles. The summed E-state index contributed by atoms with van der Waals surface area (Å²) >= 11 is 0. The van der Waals surface area contributed by atoms with Gasteiger partial charge in [0.25, 0.3) is 0 Å². The molecule has 4 nitrogen and oxygen atoms in total. The Labute approximate surface area is 104 Å². The van der Waals surface area contributed by atoms with Crippen molar-refractivity contribution in [3.05, 3.63) is 30.3 Å². The van der Waals surface area contributed by atoms with Gasteiger partial charge in [0, 0.05) is 23.1 Å². The van der Waals surface area contributed by atoms with Crippen LogP contribution in [0.15, 0.2) is 28.8 Å². The number of aromatic hydroxyl groups is 1. The summed E-state index contributed by atoms with van der Waals surface area (Å²) in [6.45, 7) is 6.10. The molecule has 0 unspecified atom stereocenters. The Balaban J connectivity index is 2.44. The fourth-order valence-corrected chi connectivity index (χ4v) is 1.92. The third kappa shape index (κ3) is 1.53. The number of benzene rings is 1. The van der Waals surface area contributed by atoms with Crippen LogP contribution in [-0.2, 0) is 5.41 Å². The smallest absolute Gasteiger partial charge is 0.200 e. The average molecular weight is 242 g/mol. The Morgan fingerprint density at radius 2 is 2.00 bits per heavy atom. The molecular formula is C14H14N2O2. The molecule has 3 aromatic rings. The Bertz CT molecular complexity index is 738. The number of nitrogens with zero attached hydrogens (tertiary/aromatic N) is 2. The molecule has 0 aliphatic rings. The number of phenolic OH excluding ortho intramolecular Hbond substituents is 1. The highest BCUT2D eigenvalue weighted by Gasteiger charge is 2.22. The van der Waals surface area contributed by atoms with Crippen LogP contribution in [0.1, 0.15) is 26.7 Å². The highest BCUT2D eigenvalue weighted by atomic mass is 16.4.